The molecule has 7 nitrogen and oxygen atoms in total. The summed E-state index contributed by atoms with van der Waals surface area (Å²) in [5, 5.41) is 9.72. The molecule has 2 aliphatic heterocycles. The average Bonchev–Trinajstić information content (AvgIpc) is 2.94. The van der Waals surface area contributed by atoms with Crippen molar-refractivity contribution in [1.82, 2.24) is 14.9 Å². The van der Waals surface area contributed by atoms with E-state index in [1.54, 1.807) is 0 Å². The van der Waals surface area contributed by atoms with Crippen LogP contribution in [0, 0.1) is 11.2 Å². The number of anilines is 2. The van der Waals surface area contributed by atoms with E-state index in [1.807, 2.05) is 9.80 Å². The SMILES string of the molecule is Nc1nc(N2CCCC3(CCN(C4CCC(O)CC4)C3=O)C2)ncc1F. The maximum Gasteiger partial charge on any atom is 0.230 e. The Hall–Kier alpha value is -1.96. The van der Waals surface area contributed by atoms with Crippen molar-refractivity contribution in [3.05, 3.63) is 12.0 Å². The molecule has 1 unspecified atom stereocenters. The Kier molecular flexibility index (Phi) is 4.46. The lowest BCUT2D eigenvalue weighted by molar-refractivity contribution is -0.139. The minimum absolute atomic E-state index is 0.158. The first-order valence-corrected chi connectivity index (χ1v) is 9.51. The molecule has 0 radical (unpaired) electrons. The average molecular weight is 363 g/mol. The second-order valence-electron chi connectivity index (χ2n) is 7.92. The summed E-state index contributed by atoms with van der Waals surface area (Å²) >= 11 is 0. The zero-order valence-corrected chi connectivity index (χ0v) is 14.9. The van der Waals surface area contributed by atoms with Crippen LogP contribution in [0.15, 0.2) is 6.20 Å². The number of likely N-dealkylation sites (tertiary alicyclic amines) is 1. The van der Waals surface area contributed by atoms with E-state index in [2.05, 4.69) is 9.97 Å². The maximum atomic E-state index is 13.4. The summed E-state index contributed by atoms with van der Waals surface area (Å²) in [6.45, 7) is 2.08. The largest absolute Gasteiger partial charge is 0.393 e. The maximum absolute atomic E-state index is 13.4. The van der Waals surface area contributed by atoms with Crippen LogP contribution in [0.4, 0.5) is 16.2 Å². The minimum atomic E-state index is -0.622. The first-order valence-electron chi connectivity index (χ1n) is 9.51. The molecule has 1 spiro atoms. The number of nitrogens with two attached hydrogens (primary N) is 1. The molecule has 0 bridgehead atoms. The number of rotatable bonds is 2. The van der Waals surface area contributed by atoms with Crippen LogP contribution in [0.2, 0.25) is 0 Å². The Morgan fingerprint density at radius 2 is 2.00 bits per heavy atom. The molecular formula is C18H26FN5O2. The number of hydrogen-bond acceptors (Lipinski definition) is 6. The van der Waals surface area contributed by atoms with E-state index in [-0.39, 0.29) is 23.9 Å². The Bertz CT molecular complexity index is 694. The number of carbonyl (C=O) groups is 1. The number of aliphatic hydroxyl groups excluding tert-OH is 1. The summed E-state index contributed by atoms with van der Waals surface area (Å²) in [5.74, 6) is -0.161. The number of carbonyl (C=O) groups excluding carboxylic acids is 1. The van der Waals surface area contributed by atoms with E-state index in [1.165, 1.54) is 0 Å². The molecule has 3 aliphatic rings. The van der Waals surface area contributed by atoms with Gasteiger partial charge in [-0.05, 0) is 44.9 Å². The summed E-state index contributed by atoms with van der Waals surface area (Å²) in [7, 11) is 0. The molecule has 1 aliphatic carbocycles. The lowest BCUT2D eigenvalue weighted by Crippen LogP contribution is -2.50. The summed E-state index contributed by atoms with van der Waals surface area (Å²) in [6.07, 6.45) is 6.76. The molecule has 8 heteroatoms. The van der Waals surface area contributed by atoms with Crippen LogP contribution in [0.3, 0.4) is 0 Å². The van der Waals surface area contributed by atoms with Crippen molar-refractivity contribution in [3.8, 4) is 0 Å². The summed E-state index contributed by atoms with van der Waals surface area (Å²) < 4.78 is 13.4. The molecule has 1 amide bonds. The van der Waals surface area contributed by atoms with Crippen LogP contribution < -0.4 is 10.6 Å². The highest BCUT2D eigenvalue weighted by Crippen LogP contribution is 2.43. The Morgan fingerprint density at radius 1 is 1.23 bits per heavy atom. The van der Waals surface area contributed by atoms with Gasteiger partial charge in [-0.2, -0.15) is 4.98 Å². The molecule has 1 atom stereocenters. The molecule has 142 valence electrons. The van der Waals surface area contributed by atoms with Crippen molar-refractivity contribution in [1.29, 1.82) is 0 Å². The second kappa shape index (κ2) is 6.64. The third-order valence-electron chi connectivity index (χ3n) is 6.27. The fraction of sp³-hybridized carbons (Fsp3) is 0.722. The summed E-state index contributed by atoms with van der Waals surface area (Å²) in [4.78, 5) is 25.4. The normalized spacial score (nSPS) is 32.5. The molecule has 26 heavy (non-hydrogen) atoms. The number of amides is 1. The smallest absolute Gasteiger partial charge is 0.230 e. The Labute approximate surface area is 152 Å². The highest BCUT2D eigenvalue weighted by Gasteiger charge is 2.51. The Balaban J connectivity index is 1.49. The molecule has 1 aromatic heterocycles. The molecule has 3 fully saturated rings. The summed E-state index contributed by atoms with van der Waals surface area (Å²) in [6, 6.07) is 0.248. The van der Waals surface area contributed by atoms with Crippen molar-refractivity contribution in [2.45, 2.75) is 57.1 Å². The van der Waals surface area contributed by atoms with Crippen molar-refractivity contribution < 1.29 is 14.3 Å². The van der Waals surface area contributed by atoms with Gasteiger partial charge in [-0.1, -0.05) is 0 Å². The number of halogens is 1. The first kappa shape index (κ1) is 17.5. The van der Waals surface area contributed by atoms with E-state index in [0.717, 1.165) is 64.2 Å². The summed E-state index contributed by atoms with van der Waals surface area (Å²) in [5.41, 5.74) is 5.18. The molecule has 1 saturated carbocycles. The van der Waals surface area contributed by atoms with Gasteiger partial charge >= 0.3 is 0 Å². The van der Waals surface area contributed by atoms with Crippen molar-refractivity contribution in [2.75, 3.05) is 30.3 Å². The molecule has 3 heterocycles. The van der Waals surface area contributed by atoms with E-state index in [0.29, 0.717) is 12.5 Å². The van der Waals surface area contributed by atoms with Gasteiger partial charge in [0.25, 0.3) is 0 Å². The van der Waals surface area contributed by atoms with Gasteiger partial charge in [0.05, 0.1) is 17.7 Å². The van der Waals surface area contributed by atoms with E-state index in [4.69, 9.17) is 5.73 Å². The van der Waals surface area contributed by atoms with Gasteiger partial charge in [-0.15, -0.1) is 0 Å². The van der Waals surface area contributed by atoms with Gasteiger partial charge in [0.1, 0.15) is 0 Å². The second-order valence-corrected chi connectivity index (χ2v) is 7.92. The third kappa shape index (κ3) is 3.00. The molecule has 3 N–H and O–H groups in total. The number of aliphatic hydroxyl groups is 1. The van der Waals surface area contributed by atoms with Crippen LogP contribution in [-0.4, -0.2) is 57.7 Å². The molecule has 2 saturated heterocycles. The monoisotopic (exact) mass is 363 g/mol. The van der Waals surface area contributed by atoms with Crippen molar-refractivity contribution >= 4 is 17.7 Å². The Morgan fingerprint density at radius 3 is 2.73 bits per heavy atom. The molecule has 0 aromatic carbocycles. The molecular weight excluding hydrogens is 337 g/mol. The minimum Gasteiger partial charge on any atom is -0.393 e. The zero-order chi connectivity index (χ0) is 18.3. The topological polar surface area (TPSA) is 95.6 Å². The standard InChI is InChI=1S/C18H26FN5O2/c19-14-10-21-17(22-15(14)20)23-8-1-6-18(11-23)7-9-24(16(18)26)12-2-4-13(25)5-3-12/h10,12-13,25H,1-9,11H2,(H2,20,21,22). The van der Waals surface area contributed by atoms with E-state index >= 15 is 0 Å². The van der Waals surface area contributed by atoms with Crippen LogP contribution in [-0.2, 0) is 4.79 Å². The van der Waals surface area contributed by atoms with Gasteiger partial charge in [0.2, 0.25) is 11.9 Å². The lowest BCUT2D eigenvalue weighted by Gasteiger charge is -2.40. The zero-order valence-electron chi connectivity index (χ0n) is 14.9. The van der Waals surface area contributed by atoms with Gasteiger partial charge in [-0.25, -0.2) is 9.37 Å². The number of hydrogen-bond donors (Lipinski definition) is 2. The number of piperidine rings is 1. The van der Waals surface area contributed by atoms with Gasteiger partial charge in [-0.3, -0.25) is 4.79 Å². The number of nitrogen functional groups attached to an aromatic ring is 1. The third-order valence-corrected chi connectivity index (χ3v) is 6.27. The fourth-order valence-corrected chi connectivity index (χ4v) is 4.77. The lowest BCUT2D eigenvalue weighted by atomic mass is 9.78. The van der Waals surface area contributed by atoms with Crippen LogP contribution in [0.25, 0.3) is 0 Å². The van der Waals surface area contributed by atoms with Crippen LogP contribution in [0.5, 0.6) is 0 Å². The first-order chi connectivity index (χ1) is 12.5. The number of aromatic nitrogens is 2. The van der Waals surface area contributed by atoms with Gasteiger partial charge in [0.15, 0.2) is 11.6 Å². The van der Waals surface area contributed by atoms with Gasteiger partial charge < -0.3 is 20.6 Å². The molecule has 1 aromatic rings. The predicted molar refractivity (Wildman–Crippen MR) is 94.9 cm³/mol. The fourth-order valence-electron chi connectivity index (χ4n) is 4.77. The predicted octanol–water partition coefficient (Wildman–Crippen LogP) is 1.32. The number of nitrogens with zero attached hydrogens (tertiary/aromatic N) is 4. The van der Waals surface area contributed by atoms with Gasteiger partial charge in [0, 0.05) is 25.7 Å². The quantitative estimate of drug-likeness (QED) is 0.823. The van der Waals surface area contributed by atoms with Crippen molar-refractivity contribution in [3.63, 3.8) is 0 Å². The highest BCUT2D eigenvalue weighted by atomic mass is 19.1. The highest BCUT2D eigenvalue weighted by molar-refractivity contribution is 5.86. The van der Waals surface area contributed by atoms with Crippen LogP contribution in [0.1, 0.15) is 44.9 Å². The van der Waals surface area contributed by atoms with Crippen molar-refractivity contribution in [2.24, 2.45) is 5.41 Å². The van der Waals surface area contributed by atoms with Crippen LogP contribution >= 0.6 is 0 Å². The van der Waals surface area contributed by atoms with E-state index in [9.17, 15) is 14.3 Å². The molecule has 4 rings (SSSR count). The van der Waals surface area contributed by atoms with E-state index < -0.39 is 11.2 Å².